The van der Waals surface area contributed by atoms with Crippen molar-refractivity contribution in [2.75, 3.05) is 0 Å². The third-order valence-corrected chi connectivity index (χ3v) is 8.15. The second-order valence-electron chi connectivity index (χ2n) is 10.9. The molecule has 0 aliphatic heterocycles. The lowest BCUT2D eigenvalue weighted by atomic mass is 10.0. The van der Waals surface area contributed by atoms with Crippen molar-refractivity contribution in [1.82, 2.24) is 24.1 Å². The van der Waals surface area contributed by atoms with Gasteiger partial charge in [-0.3, -0.25) is 4.57 Å². The molecule has 0 radical (unpaired) electrons. The quantitative estimate of drug-likeness (QED) is 0.185. The summed E-state index contributed by atoms with van der Waals surface area (Å²) in [5, 5.41) is 0.576. The number of hydrogen-bond donors (Lipinski definition) is 0. The molecule has 0 atom stereocenters. The first-order chi connectivity index (χ1) is 33.5. The third kappa shape index (κ3) is 4.45. The first-order valence-corrected chi connectivity index (χ1v) is 15.1. The van der Waals surface area contributed by atoms with Gasteiger partial charge >= 0.3 is 0 Å². The van der Waals surface area contributed by atoms with Gasteiger partial charge in [0.15, 0.2) is 11.6 Å². The molecule has 10 aromatic rings. The monoisotopic (exact) mass is 660 g/mol. The van der Waals surface area contributed by atoms with Gasteiger partial charge in [-0.15, -0.1) is 0 Å². The highest BCUT2D eigenvalue weighted by molar-refractivity contribution is 6.10. The minimum Gasteiger partial charge on any atom is -0.309 e. The molecule has 0 unspecified atom stereocenters. The van der Waals surface area contributed by atoms with Crippen LogP contribution < -0.4 is 0 Å². The molecule has 0 amide bonds. The first kappa shape index (κ1) is 14.3. The molecule has 234 valence electrons. The van der Waals surface area contributed by atoms with Crippen molar-refractivity contribution < 1.29 is 28.8 Å². The molecular formula is C45H29N5. The van der Waals surface area contributed by atoms with Crippen molar-refractivity contribution in [2.45, 2.75) is 0 Å². The van der Waals surface area contributed by atoms with Crippen LogP contribution in [0.4, 0.5) is 0 Å². The number of fused-ring (bicyclic) bond motifs is 6. The fourth-order valence-electron chi connectivity index (χ4n) is 6.03. The van der Waals surface area contributed by atoms with Crippen molar-refractivity contribution in [3.05, 3.63) is 175 Å². The Balaban J connectivity index is 1.41. The second kappa shape index (κ2) is 11.4. The summed E-state index contributed by atoms with van der Waals surface area (Å²) in [7, 11) is 0. The molecule has 0 fully saturated rings. The van der Waals surface area contributed by atoms with E-state index in [2.05, 4.69) is 4.98 Å². The van der Waals surface area contributed by atoms with E-state index in [0.29, 0.717) is 21.8 Å². The summed E-state index contributed by atoms with van der Waals surface area (Å²) >= 11 is 0. The van der Waals surface area contributed by atoms with E-state index in [1.807, 2.05) is 12.1 Å². The molecule has 10 rings (SSSR count). The van der Waals surface area contributed by atoms with E-state index in [4.69, 9.17) is 30.5 Å². The van der Waals surface area contributed by atoms with E-state index < -0.39 is 188 Å². The van der Waals surface area contributed by atoms with Crippen LogP contribution in [0.2, 0.25) is 0 Å². The Morgan fingerprint density at radius 2 is 0.900 bits per heavy atom. The summed E-state index contributed by atoms with van der Waals surface area (Å²) < 4.78 is 189. The Morgan fingerprint density at radius 1 is 0.380 bits per heavy atom. The highest BCUT2D eigenvalue weighted by atomic mass is 15.2. The number of para-hydroxylation sites is 5. The molecule has 0 bridgehead atoms. The molecular weight excluding hydrogens is 611 g/mol. The molecule has 0 saturated carbocycles. The Kier molecular flexibility index (Phi) is 3.26. The second-order valence-corrected chi connectivity index (χ2v) is 10.9. The van der Waals surface area contributed by atoms with Gasteiger partial charge in [0, 0.05) is 32.7 Å². The number of aromatic nitrogens is 5. The van der Waals surface area contributed by atoms with Crippen molar-refractivity contribution in [3.8, 4) is 45.5 Å². The summed E-state index contributed by atoms with van der Waals surface area (Å²) in [4.78, 5) is 14.1. The molecule has 7 aromatic carbocycles. The lowest BCUT2D eigenvalue weighted by molar-refractivity contribution is 0.951. The van der Waals surface area contributed by atoms with Crippen LogP contribution in [-0.2, 0) is 0 Å². The van der Waals surface area contributed by atoms with Crippen molar-refractivity contribution >= 4 is 43.6 Å². The maximum Gasteiger partial charge on any atom is 0.238 e. The molecule has 0 N–H and O–H groups in total. The molecule has 5 heteroatoms. The zero-order chi connectivity index (χ0) is 51.3. The summed E-state index contributed by atoms with van der Waals surface area (Å²) in [6, 6.07) is -2.95. The average Bonchev–Trinajstić information content (AvgIpc) is 3.90. The average molecular weight is 661 g/mol. The lowest BCUT2D eigenvalue weighted by Crippen LogP contribution is -2.07. The Bertz CT molecular complexity index is 3900. The topological polar surface area (TPSA) is 48.5 Å². The zero-order valence-electron chi connectivity index (χ0n) is 46.4. The number of rotatable bonds is 5. The Labute approximate surface area is 317 Å². The van der Waals surface area contributed by atoms with Gasteiger partial charge in [-0.2, -0.15) is 9.97 Å². The standard InChI is InChI=1S/C45H29N5/c1-2-14-30(15-3-1)31-26-28-32(29-27-31)43-46-44(48-45(47-43)50-40-23-11-6-18-35(40)36-19-7-12-24-41(36)50)37-20-8-13-25-42(37)49-38-21-9-4-16-33(38)34-17-5-10-22-39(34)49/h1-29H/i1D,2D,3D,4D,5D,8D,9D,10D,13D,14D,15D,16D,17D,20D,21D,22D,25D,26D,27D,28D,29D. The van der Waals surface area contributed by atoms with E-state index in [0.717, 1.165) is 4.57 Å². The lowest BCUT2D eigenvalue weighted by Gasteiger charge is -2.15. The third-order valence-electron chi connectivity index (χ3n) is 8.15. The summed E-state index contributed by atoms with van der Waals surface area (Å²) in [5.41, 5.74) is -3.17. The van der Waals surface area contributed by atoms with Gasteiger partial charge < -0.3 is 4.57 Å². The van der Waals surface area contributed by atoms with Crippen LogP contribution in [0.5, 0.6) is 0 Å². The summed E-state index contributed by atoms with van der Waals surface area (Å²) in [5.74, 6) is -1.57. The van der Waals surface area contributed by atoms with E-state index in [1.165, 1.54) is 0 Å². The number of benzene rings is 7. The summed E-state index contributed by atoms with van der Waals surface area (Å²) in [6.07, 6.45) is 0. The molecule has 3 aromatic heterocycles. The van der Waals surface area contributed by atoms with Crippen LogP contribution in [-0.4, -0.2) is 24.1 Å². The maximum atomic E-state index is 9.50. The molecule has 50 heavy (non-hydrogen) atoms. The molecule has 0 aliphatic rings. The fourth-order valence-corrected chi connectivity index (χ4v) is 6.03. The molecule has 3 heterocycles. The maximum absolute atomic E-state index is 9.50. The van der Waals surface area contributed by atoms with Crippen LogP contribution in [0.25, 0.3) is 89.2 Å². The van der Waals surface area contributed by atoms with Gasteiger partial charge in [-0.25, -0.2) is 4.98 Å². The minimum atomic E-state index is -0.884. The van der Waals surface area contributed by atoms with E-state index >= 15 is 0 Å². The molecule has 0 aliphatic carbocycles. The van der Waals surface area contributed by atoms with Gasteiger partial charge in [0.2, 0.25) is 5.95 Å². The van der Waals surface area contributed by atoms with Crippen LogP contribution in [0.15, 0.2) is 175 Å². The van der Waals surface area contributed by atoms with Crippen LogP contribution in [0, 0.1) is 0 Å². The van der Waals surface area contributed by atoms with E-state index in [9.17, 15) is 8.22 Å². The fraction of sp³-hybridized carbons (Fsp3) is 0. The van der Waals surface area contributed by atoms with Crippen LogP contribution >= 0.6 is 0 Å². The van der Waals surface area contributed by atoms with Gasteiger partial charge in [0.05, 0.1) is 56.5 Å². The highest BCUT2D eigenvalue weighted by Gasteiger charge is 2.21. The van der Waals surface area contributed by atoms with Crippen molar-refractivity contribution in [2.24, 2.45) is 0 Å². The predicted molar refractivity (Wildman–Crippen MR) is 205 cm³/mol. The van der Waals surface area contributed by atoms with Crippen LogP contribution in [0.1, 0.15) is 28.8 Å². The smallest absolute Gasteiger partial charge is 0.238 e. The zero-order valence-corrected chi connectivity index (χ0v) is 25.4. The van der Waals surface area contributed by atoms with Gasteiger partial charge in [-0.05, 0) is 47.4 Å². The summed E-state index contributed by atoms with van der Waals surface area (Å²) in [6.45, 7) is 0. The largest absolute Gasteiger partial charge is 0.309 e. The Morgan fingerprint density at radius 3 is 1.58 bits per heavy atom. The molecule has 0 spiro atoms. The van der Waals surface area contributed by atoms with Crippen LogP contribution in [0.3, 0.4) is 0 Å². The Hall–Kier alpha value is -6.85. The van der Waals surface area contributed by atoms with E-state index in [1.54, 1.807) is 41.0 Å². The number of hydrogen-bond acceptors (Lipinski definition) is 3. The molecule has 5 nitrogen and oxygen atoms in total. The van der Waals surface area contributed by atoms with Gasteiger partial charge in [0.1, 0.15) is 0 Å². The number of nitrogens with zero attached hydrogens (tertiary/aromatic N) is 5. The van der Waals surface area contributed by atoms with Crippen molar-refractivity contribution in [3.63, 3.8) is 0 Å². The molecule has 0 saturated heterocycles. The first-order valence-electron chi connectivity index (χ1n) is 25.6. The highest BCUT2D eigenvalue weighted by Crippen LogP contribution is 2.37. The normalized spacial score (nSPS) is 17.5. The van der Waals surface area contributed by atoms with Gasteiger partial charge in [-0.1, -0.05) is 139 Å². The minimum absolute atomic E-state index is 0.307. The SMILES string of the molecule is [2H]c1c([2H])c([2H])c(-c2c([2H])c([2H])c(-c3nc(-c4c([2H])c([2H])c([2H])c([2H])c4-n4c5c([2H])c([2H])c([2H])c([2H])c5c5c([2H])c([2H])c([2H])c([2H])c54)nc(-n4c5ccccc5c5ccccc54)n3)c([2H])c2[2H])c([2H])c1[2H]. The van der Waals surface area contributed by atoms with E-state index in [-0.39, 0.29) is 5.95 Å². The predicted octanol–water partition coefficient (Wildman–Crippen LogP) is 11.1. The van der Waals surface area contributed by atoms with Crippen molar-refractivity contribution in [1.29, 1.82) is 0 Å². The van der Waals surface area contributed by atoms with Gasteiger partial charge in [0.25, 0.3) is 0 Å².